The molecule has 3 aromatic rings. The van der Waals surface area contributed by atoms with Crippen LogP contribution in [0.4, 0.5) is 11.6 Å². The van der Waals surface area contributed by atoms with Crippen LogP contribution in [-0.2, 0) is 6.54 Å². The lowest BCUT2D eigenvalue weighted by molar-refractivity contribution is 0.0706. The summed E-state index contributed by atoms with van der Waals surface area (Å²) >= 11 is 0. The zero-order valence-electron chi connectivity index (χ0n) is 14.7. The van der Waals surface area contributed by atoms with Crippen LogP contribution in [0, 0.1) is 13.8 Å². The monoisotopic (exact) mass is 348 g/mol. The topological polar surface area (TPSA) is 78.4 Å². The van der Waals surface area contributed by atoms with Gasteiger partial charge in [-0.2, -0.15) is 0 Å². The second-order valence-electron chi connectivity index (χ2n) is 6.11. The molecule has 0 aliphatic carbocycles. The molecule has 3 rings (SSSR count). The lowest BCUT2D eigenvalue weighted by Crippen LogP contribution is -2.20. The van der Waals surface area contributed by atoms with Gasteiger partial charge in [0.25, 0.3) is 5.91 Å². The fraction of sp³-hybridized carbons (Fsp3) is 0.150. The Balaban J connectivity index is 1.91. The number of carbonyl (C=O) groups is 1. The second-order valence-corrected chi connectivity index (χ2v) is 6.11. The van der Waals surface area contributed by atoms with Crippen LogP contribution < -0.4 is 10.4 Å². The van der Waals surface area contributed by atoms with Gasteiger partial charge in [0, 0.05) is 18.0 Å². The molecule has 2 N–H and O–H groups in total. The van der Waals surface area contributed by atoms with Crippen molar-refractivity contribution in [2.75, 3.05) is 4.90 Å². The first-order valence-electron chi connectivity index (χ1n) is 8.23. The van der Waals surface area contributed by atoms with Gasteiger partial charge in [0.15, 0.2) is 0 Å². The zero-order valence-corrected chi connectivity index (χ0v) is 14.7. The first kappa shape index (κ1) is 17.6. The molecule has 0 aliphatic heterocycles. The van der Waals surface area contributed by atoms with Crippen molar-refractivity contribution in [3.63, 3.8) is 0 Å². The predicted molar refractivity (Wildman–Crippen MR) is 99.5 cm³/mol. The molecule has 2 aromatic heterocycles. The van der Waals surface area contributed by atoms with Crippen molar-refractivity contribution in [2.24, 2.45) is 0 Å². The Labute approximate surface area is 152 Å². The van der Waals surface area contributed by atoms with E-state index in [0.717, 1.165) is 28.3 Å². The molecule has 0 spiro atoms. The van der Waals surface area contributed by atoms with Crippen molar-refractivity contribution in [3.05, 3.63) is 83.2 Å². The Hall–Kier alpha value is -3.25. The Bertz CT molecular complexity index is 830. The summed E-state index contributed by atoms with van der Waals surface area (Å²) in [7, 11) is 0. The fourth-order valence-corrected chi connectivity index (χ4v) is 2.53. The highest BCUT2D eigenvalue weighted by atomic mass is 16.5. The van der Waals surface area contributed by atoms with Gasteiger partial charge in [0.05, 0.1) is 6.54 Å². The van der Waals surface area contributed by atoms with E-state index < -0.39 is 5.91 Å². The number of nitrogens with zero attached hydrogens (tertiary/aromatic N) is 3. The van der Waals surface area contributed by atoms with Gasteiger partial charge in [0.2, 0.25) is 0 Å². The number of aromatic nitrogens is 2. The molecule has 0 unspecified atom stereocenters. The third kappa shape index (κ3) is 4.04. The maximum Gasteiger partial charge on any atom is 0.274 e. The van der Waals surface area contributed by atoms with E-state index in [1.54, 1.807) is 17.6 Å². The number of rotatable bonds is 5. The number of nitrogens with one attached hydrogen (secondary N) is 1. The number of anilines is 2. The van der Waals surface area contributed by atoms with Crippen LogP contribution in [0.5, 0.6) is 0 Å². The average Bonchev–Trinajstić information content (AvgIpc) is 2.67. The molecule has 0 aliphatic rings. The molecule has 132 valence electrons. The van der Waals surface area contributed by atoms with E-state index in [9.17, 15) is 4.79 Å². The van der Waals surface area contributed by atoms with E-state index in [-0.39, 0.29) is 0 Å². The largest absolute Gasteiger partial charge is 0.307 e. The summed E-state index contributed by atoms with van der Waals surface area (Å²) in [6, 6.07) is 15.0. The number of benzene rings is 1. The van der Waals surface area contributed by atoms with Gasteiger partial charge in [-0.25, -0.2) is 15.4 Å². The first-order chi connectivity index (χ1) is 12.6. The van der Waals surface area contributed by atoms with E-state index in [1.807, 2.05) is 67.5 Å². The quantitative estimate of drug-likeness (QED) is 0.544. The van der Waals surface area contributed by atoms with E-state index >= 15 is 0 Å². The summed E-state index contributed by atoms with van der Waals surface area (Å²) in [6.07, 6.45) is 3.65. The van der Waals surface area contributed by atoms with Crippen LogP contribution >= 0.6 is 0 Å². The van der Waals surface area contributed by atoms with Crippen LogP contribution in [0.3, 0.4) is 0 Å². The van der Waals surface area contributed by atoms with Crippen molar-refractivity contribution in [2.45, 2.75) is 20.4 Å². The number of hydrogen-bond donors (Lipinski definition) is 2. The summed E-state index contributed by atoms with van der Waals surface area (Å²) < 4.78 is 0. The van der Waals surface area contributed by atoms with Crippen molar-refractivity contribution in [1.82, 2.24) is 15.4 Å². The van der Waals surface area contributed by atoms with Crippen molar-refractivity contribution in [3.8, 4) is 0 Å². The summed E-state index contributed by atoms with van der Waals surface area (Å²) in [6.45, 7) is 4.54. The highest BCUT2D eigenvalue weighted by Gasteiger charge is 2.13. The Morgan fingerprint density at radius 2 is 1.46 bits per heavy atom. The highest BCUT2D eigenvalue weighted by Crippen LogP contribution is 2.24. The standard InChI is InChI=1S/C20H20N4O2/c1-14-3-9-18(21-11-14)24(19-10-4-15(2)12-22-19)13-16-5-7-17(8-6-16)20(25)23-26/h3-12,26H,13H2,1-2H3,(H,23,25). The molecule has 2 heterocycles. The van der Waals surface area contributed by atoms with Gasteiger partial charge >= 0.3 is 0 Å². The lowest BCUT2D eigenvalue weighted by Gasteiger charge is -2.23. The third-order valence-corrected chi connectivity index (χ3v) is 4.00. The molecular weight excluding hydrogens is 328 g/mol. The summed E-state index contributed by atoms with van der Waals surface area (Å²) in [5.41, 5.74) is 5.19. The molecule has 0 atom stereocenters. The van der Waals surface area contributed by atoms with Gasteiger partial charge in [-0.05, 0) is 54.8 Å². The number of amides is 1. The smallest absolute Gasteiger partial charge is 0.274 e. The second kappa shape index (κ2) is 7.76. The first-order valence-corrected chi connectivity index (χ1v) is 8.23. The van der Waals surface area contributed by atoms with E-state index in [4.69, 9.17) is 5.21 Å². The summed E-state index contributed by atoms with van der Waals surface area (Å²) in [5.74, 6) is 1.06. The van der Waals surface area contributed by atoms with E-state index in [0.29, 0.717) is 12.1 Å². The minimum atomic E-state index is -0.534. The number of carbonyl (C=O) groups excluding carboxylic acids is 1. The fourth-order valence-electron chi connectivity index (χ4n) is 2.53. The van der Waals surface area contributed by atoms with Crippen LogP contribution in [0.1, 0.15) is 27.0 Å². The predicted octanol–water partition coefficient (Wildman–Crippen LogP) is 3.55. The molecule has 0 radical (unpaired) electrons. The van der Waals surface area contributed by atoms with Gasteiger partial charge in [-0.1, -0.05) is 24.3 Å². The van der Waals surface area contributed by atoms with Gasteiger partial charge in [0.1, 0.15) is 11.6 Å². The number of aryl methyl sites for hydroxylation is 2. The molecule has 0 fully saturated rings. The van der Waals surface area contributed by atoms with Crippen molar-refractivity contribution in [1.29, 1.82) is 0 Å². The molecule has 26 heavy (non-hydrogen) atoms. The zero-order chi connectivity index (χ0) is 18.5. The number of pyridine rings is 2. The molecule has 6 nitrogen and oxygen atoms in total. The third-order valence-electron chi connectivity index (χ3n) is 4.00. The Morgan fingerprint density at radius 3 is 1.88 bits per heavy atom. The van der Waals surface area contributed by atoms with Crippen molar-refractivity contribution < 1.29 is 10.0 Å². The maximum absolute atomic E-state index is 11.5. The lowest BCUT2D eigenvalue weighted by atomic mass is 10.1. The highest BCUT2D eigenvalue weighted by molar-refractivity contribution is 5.93. The minimum absolute atomic E-state index is 0.393. The maximum atomic E-state index is 11.5. The Morgan fingerprint density at radius 1 is 0.923 bits per heavy atom. The van der Waals surface area contributed by atoms with Crippen LogP contribution in [0.25, 0.3) is 0 Å². The van der Waals surface area contributed by atoms with Gasteiger partial charge in [-0.3, -0.25) is 10.0 Å². The molecule has 1 aromatic carbocycles. The number of hydroxylamine groups is 1. The minimum Gasteiger partial charge on any atom is -0.307 e. The summed E-state index contributed by atoms with van der Waals surface area (Å²) in [4.78, 5) is 22.5. The van der Waals surface area contributed by atoms with Gasteiger partial charge in [-0.15, -0.1) is 0 Å². The molecule has 6 heteroatoms. The van der Waals surface area contributed by atoms with E-state index in [2.05, 4.69) is 9.97 Å². The van der Waals surface area contributed by atoms with Crippen LogP contribution in [0.15, 0.2) is 60.9 Å². The van der Waals surface area contributed by atoms with E-state index in [1.165, 1.54) is 0 Å². The molecule has 0 saturated heterocycles. The van der Waals surface area contributed by atoms with Crippen LogP contribution in [-0.4, -0.2) is 21.1 Å². The van der Waals surface area contributed by atoms with Crippen LogP contribution in [0.2, 0.25) is 0 Å². The molecule has 0 saturated carbocycles. The molecular formula is C20H20N4O2. The Kier molecular flexibility index (Phi) is 5.24. The van der Waals surface area contributed by atoms with Gasteiger partial charge < -0.3 is 4.90 Å². The summed E-state index contributed by atoms with van der Waals surface area (Å²) in [5, 5.41) is 8.72. The number of hydrogen-bond acceptors (Lipinski definition) is 5. The molecule has 0 bridgehead atoms. The normalized spacial score (nSPS) is 10.4. The van der Waals surface area contributed by atoms with Crippen molar-refractivity contribution >= 4 is 17.5 Å². The molecule has 1 amide bonds. The SMILES string of the molecule is Cc1ccc(N(Cc2ccc(C(=O)NO)cc2)c2ccc(C)cn2)nc1. The average molecular weight is 348 g/mol.